The number of carbonyl (C=O) groups is 1. The van der Waals surface area contributed by atoms with E-state index in [9.17, 15) is 4.79 Å². The van der Waals surface area contributed by atoms with Gasteiger partial charge in [0.1, 0.15) is 6.10 Å². The molecule has 0 unspecified atom stereocenters. The van der Waals surface area contributed by atoms with Gasteiger partial charge in [0.2, 0.25) is 0 Å². The summed E-state index contributed by atoms with van der Waals surface area (Å²) in [7, 11) is 0. The molecule has 1 fully saturated rings. The zero-order chi connectivity index (χ0) is 11.5. The molecule has 1 atom stereocenters. The van der Waals surface area contributed by atoms with Crippen molar-refractivity contribution in [1.82, 2.24) is 0 Å². The Balaban J connectivity index is 2.51. The first-order valence-corrected chi connectivity index (χ1v) is 6.17. The molecule has 2 nitrogen and oxygen atoms in total. The van der Waals surface area contributed by atoms with E-state index >= 15 is 0 Å². The van der Waals surface area contributed by atoms with E-state index in [4.69, 9.17) is 4.74 Å². The summed E-state index contributed by atoms with van der Waals surface area (Å²) >= 11 is 0. The Hall–Kier alpha value is -0.530. The molecule has 1 saturated carbocycles. The van der Waals surface area contributed by atoms with Gasteiger partial charge in [-0.05, 0) is 32.6 Å². The van der Waals surface area contributed by atoms with Crippen molar-refractivity contribution in [2.24, 2.45) is 11.3 Å². The number of rotatable bonds is 3. The van der Waals surface area contributed by atoms with E-state index in [1.807, 2.05) is 6.92 Å². The summed E-state index contributed by atoms with van der Waals surface area (Å²) in [6.45, 7) is 8.21. The second-order valence-electron chi connectivity index (χ2n) is 5.48. The lowest BCUT2D eigenvalue weighted by atomic mass is 9.76. The minimum atomic E-state index is -0.207. The topological polar surface area (TPSA) is 26.3 Å². The van der Waals surface area contributed by atoms with Gasteiger partial charge < -0.3 is 4.74 Å². The van der Waals surface area contributed by atoms with Crippen molar-refractivity contribution >= 4 is 5.97 Å². The highest BCUT2D eigenvalue weighted by atomic mass is 16.5. The van der Waals surface area contributed by atoms with E-state index in [-0.39, 0.29) is 17.5 Å². The minimum absolute atomic E-state index is 0.0170. The summed E-state index contributed by atoms with van der Waals surface area (Å²) in [5, 5.41) is 0. The summed E-state index contributed by atoms with van der Waals surface area (Å²) in [6, 6.07) is 0. The van der Waals surface area contributed by atoms with E-state index < -0.39 is 0 Å². The maximum Gasteiger partial charge on any atom is 0.312 e. The van der Waals surface area contributed by atoms with Gasteiger partial charge in [0, 0.05) is 0 Å². The number of carbonyl (C=O) groups excluding carboxylic acids is 1. The maximum absolute atomic E-state index is 12.0. The van der Waals surface area contributed by atoms with E-state index in [0.29, 0.717) is 5.92 Å². The zero-order valence-corrected chi connectivity index (χ0v) is 10.5. The van der Waals surface area contributed by atoms with Crippen LogP contribution in [0.15, 0.2) is 0 Å². The SMILES string of the molecule is CC(C)[C@H](C)OC(=O)C1(C)CCCCC1. The van der Waals surface area contributed by atoms with Gasteiger partial charge in [0.15, 0.2) is 0 Å². The van der Waals surface area contributed by atoms with Crippen LogP contribution in [0.4, 0.5) is 0 Å². The fourth-order valence-corrected chi connectivity index (χ4v) is 1.98. The average molecular weight is 212 g/mol. The standard InChI is InChI=1S/C13H24O2/c1-10(2)11(3)15-12(14)13(4)8-6-5-7-9-13/h10-11H,5-9H2,1-4H3/t11-/m0/s1. The van der Waals surface area contributed by atoms with Crippen LogP contribution in [0.1, 0.15) is 59.8 Å². The van der Waals surface area contributed by atoms with Gasteiger partial charge in [-0.2, -0.15) is 0 Å². The first-order chi connectivity index (χ1) is 6.96. The molecule has 88 valence electrons. The molecule has 0 saturated heterocycles. The second kappa shape index (κ2) is 5.00. The van der Waals surface area contributed by atoms with Crippen LogP contribution in [-0.2, 0) is 9.53 Å². The highest BCUT2D eigenvalue weighted by molar-refractivity contribution is 5.76. The quantitative estimate of drug-likeness (QED) is 0.669. The van der Waals surface area contributed by atoms with Gasteiger partial charge in [-0.1, -0.05) is 33.1 Å². The molecule has 0 bridgehead atoms. The van der Waals surface area contributed by atoms with Gasteiger partial charge in [-0.15, -0.1) is 0 Å². The Labute approximate surface area is 93.4 Å². The van der Waals surface area contributed by atoms with Gasteiger partial charge >= 0.3 is 5.97 Å². The van der Waals surface area contributed by atoms with Gasteiger partial charge in [-0.25, -0.2) is 0 Å². The molecular formula is C13H24O2. The van der Waals surface area contributed by atoms with Crippen molar-refractivity contribution < 1.29 is 9.53 Å². The van der Waals surface area contributed by atoms with Crippen molar-refractivity contribution in [2.45, 2.75) is 65.9 Å². The molecule has 0 aromatic rings. The third-order valence-electron chi connectivity index (χ3n) is 3.68. The maximum atomic E-state index is 12.0. The molecule has 0 radical (unpaired) electrons. The third-order valence-corrected chi connectivity index (χ3v) is 3.68. The largest absolute Gasteiger partial charge is 0.462 e. The van der Waals surface area contributed by atoms with Crippen LogP contribution in [0.3, 0.4) is 0 Å². The lowest BCUT2D eigenvalue weighted by Gasteiger charge is -2.32. The molecule has 0 aromatic carbocycles. The normalized spacial score (nSPS) is 22.5. The van der Waals surface area contributed by atoms with Crippen LogP contribution in [0, 0.1) is 11.3 Å². The molecule has 0 amide bonds. The molecule has 1 aliphatic carbocycles. The Morgan fingerprint density at radius 1 is 1.13 bits per heavy atom. The highest BCUT2D eigenvalue weighted by Gasteiger charge is 2.36. The molecule has 2 heteroatoms. The lowest BCUT2D eigenvalue weighted by molar-refractivity contribution is -0.163. The van der Waals surface area contributed by atoms with Gasteiger partial charge in [-0.3, -0.25) is 4.79 Å². The van der Waals surface area contributed by atoms with Crippen LogP contribution in [-0.4, -0.2) is 12.1 Å². The van der Waals surface area contributed by atoms with Crippen molar-refractivity contribution in [3.8, 4) is 0 Å². The third kappa shape index (κ3) is 3.22. The van der Waals surface area contributed by atoms with Crippen LogP contribution < -0.4 is 0 Å². The molecule has 1 aliphatic rings. The fourth-order valence-electron chi connectivity index (χ4n) is 1.98. The van der Waals surface area contributed by atoms with E-state index in [1.54, 1.807) is 0 Å². The molecule has 0 N–H and O–H groups in total. The second-order valence-corrected chi connectivity index (χ2v) is 5.48. The van der Waals surface area contributed by atoms with Crippen molar-refractivity contribution in [2.75, 3.05) is 0 Å². The van der Waals surface area contributed by atoms with Gasteiger partial charge in [0.25, 0.3) is 0 Å². The number of hydrogen-bond donors (Lipinski definition) is 0. The Bertz CT molecular complexity index is 215. The number of hydrogen-bond acceptors (Lipinski definition) is 2. The summed E-state index contributed by atoms with van der Waals surface area (Å²) in [6.07, 6.45) is 5.63. The molecule has 0 spiro atoms. The molecule has 0 heterocycles. The number of ether oxygens (including phenoxy) is 1. The molecule has 0 aliphatic heterocycles. The summed E-state index contributed by atoms with van der Waals surface area (Å²) in [5.74, 6) is 0.421. The van der Waals surface area contributed by atoms with Crippen LogP contribution in [0.2, 0.25) is 0 Å². The smallest absolute Gasteiger partial charge is 0.312 e. The van der Waals surface area contributed by atoms with Crippen LogP contribution >= 0.6 is 0 Å². The average Bonchev–Trinajstić information content (AvgIpc) is 2.18. The molecule has 1 rings (SSSR count). The van der Waals surface area contributed by atoms with Gasteiger partial charge in [0.05, 0.1) is 5.41 Å². The molecule has 15 heavy (non-hydrogen) atoms. The summed E-state index contributed by atoms with van der Waals surface area (Å²) in [5.41, 5.74) is -0.207. The Morgan fingerprint density at radius 2 is 1.67 bits per heavy atom. The molecule has 0 aromatic heterocycles. The predicted molar refractivity (Wildman–Crippen MR) is 61.6 cm³/mol. The first-order valence-electron chi connectivity index (χ1n) is 6.17. The summed E-state index contributed by atoms with van der Waals surface area (Å²) in [4.78, 5) is 12.0. The summed E-state index contributed by atoms with van der Waals surface area (Å²) < 4.78 is 5.52. The fraction of sp³-hybridized carbons (Fsp3) is 0.923. The van der Waals surface area contributed by atoms with E-state index in [2.05, 4.69) is 20.8 Å². The lowest BCUT2D eigenvalue weighted by Crippen LogP contribution is -2.35. The molecular weight excluding hydrogens is 188 g/mol. The van der Waals surface area contributed by atoms with Crippen LogP contribution in [0.5, 0.6) is 0 Å². The predicted octanol–water partition coefficient (Wildman–Crippen LogP) is 3.54. The van der Waals surface area contributed by atoms with Crippen molar-refractivity contribution in [1.29, 1.82) is 0 Å². The van der Waals surface area contributed by atoms with E-state index in [0.717, 1.165) is 12.8 Å². The highest BCUT2D eigenvalue weighted by Crippen LogP contribution is 2.37. The number of esters is 1. The van der Waals surface area contributed by atoms with E-state index in [1.165, 1.54) is 19.3 Å². The monoisotopic (exact) mass is 212 g/mol. The first kappa shape index (κ1) is 12.5. The van der Waals surface area contributed by atoms with Crippen LogP contribution in [0.25, 0.3) is 0 Å². The Morgan fingerprint density at radius 3 is 2.13 bits per heavy atom. The minimum Gasteiger partial charge on any atom is -0.462 e. The zero-order valence-electron chi connectivity index (χ0n) is 10.5. The van der Waals surface area contributed by atoms with Crippen molar-refractivity contribution in [3.05, 3.63) is 0 Å². The Kier molecular flexibility index (Phi) is 4.18. The van der Waals surface area contributed by atoms with Crippen molar-refractivity contribution in [3.63, 3.8) is 0 Å².